The summed E-state index contributed by atoms with van der Waals surface area (Å²) in [5.41, 5.74) is 5.12. The molecule has 3 N–H and O–H groups in total. The van der Waals surface area contributed by atoms with E-state index < -0.39 is 0 Å². The van der Waals surface area contributed by atoms with E-state index in [-0.39, 0.29) is 6.09 Å². The molecule has 3 heterocycles. The number of carbonyl (C=O) groups is 1. The van der Waals surface area contributed by atoms with Crippen molar-refractivity contribution in [2.75, 3.05) is 18.5 Å². The van der Waals surface area contributed by atoms with Crippen molar-refractivity contribution in [2.24, 2.45) is 5.92 Å². The number of aromatic nitrogens is 2. The number of anilines is 1. The topological polar surface area (TPSA) is 82.3 Å². The first-order chi connectivity index (χ1) is 12.2. The lowest BCUT2D eigenvalue weighted by atomic mass is 9.91. The monoisotopic (exact) mass is 343 g/mol. The lowest BCUT2D eigenvalue weighted by Crippen LogP contribution is -2.53. The number of hydrogen-bond acceptors (Lipinski definition) is 5. The van der Waals surface area contributed by atoms with Crippen molar-refractivity contribution in [1.82, 2.24) is 20.6 Å². The summed E-state index contributed by atoms with van der Waals surface area (Å²) < 4.78 is 5.02. The predicted molar refractivity (Wildman–Crippen MR) is 96.1 cm³/mol. The molecule has 0 spiro atoms. The number of fused-ring (bicyclic) bond motifs is 3. The van der Waals surface area contributed by atoms with E-state index in [9.17, 15) is 4.79 Å². The van der Waals surface area contributed by atoms with Crippen LogP contribution in [-0.4, -0.2) is 46.5 Å². The SMILES string of the molecule is CCOC(=O)NN1C2CCC1CC(CNc1ccc3[nH]ncc3c1)C2. The molecule has 2 aliphatic rings. The minimum absolute atomic E-state index is 0.329. The summed E-state index contributed by atoms with van der Waals surface area (Å²) in [6, 6.07) is 7.12. The van der Waals surface area contributed by atoms with Gasteiger partial charge in [0.15, 0.2) is 0 Å². The number of piperidine rings is 1. The molecular formula is C18H25N5O2. The average molecular weight is 343 g/mol. The van der Waals surface area contributed by atoms with Gasteiger partial charge >= 0.3 is 6.09 Å². The molecule has 1 aromatic heterocycles. The summed E-state index contributed by atoms with van der Waals surface area (Å²) in [7, 11) is 0. The van der Waals surface area contributed by atoms with Crippen LogP contribution >= 0.6 is 0 Å². The highest BCUT2D eigenvalue weighted by Gasteiger charge is 2.41. The zero-order valence-electron chi connectivity index (χ0n) is 14.5. The molecule has 7 nitrogen and oxygen atoms in total. The quantitative estimate of drug-likeness (QED) is 0.778. The van der Waals surface area contributed by atoms with Crippen LogP contribution in [0.25, 0.3) is 10.9 Å². The van der Waals surface area contributed by atoms with E-state index in [0.717, 1.165) is 48.8 Å². The molecule has 0 saturated carbocycles. The Balaban J connectivity index is 1.32. The van der Waals surface area contributed by atoms with Gasteiger partial charge in [-0.15, -0.1) is 0 Å². The van der Waals surface area contributed by atoms with Gasteiger partial charge in [-0.3, -0.25) is 10.5 Å². The number of nitrogens with zero attached hydrogens (tertiary/aromatic N) is 2. The lowest BCUT2D eigenvalue weighted by Gasteiger charge is -2.38. The molecule has 2 fully saturated rings. The highest BCUT2D eigenvalue weighted by Crippen LogP contribution is 2.37. The van der Waals surface area contributed by atoms with Gasteiger partial charge in [0.2, 0.25) is 0 Å². The molecule has 2 saturated heterocycles. The molecule has 134 valence electrons. The Labute approximate surface area is 147 Å². The van der Waals surface area contributed by atoms with E-state index in [4.69, 9.17) is 4.74 Å². The fourth-order valence-electron chi connectivity index (χ4n) is 4.22. The molecule has 2 unspecified atom stereocenters. The largest absolute Gasteiger partial charge is 0.449 e. The Bertz CT molecular complexity index is 732. The minimum Gasteiger partial charge on any atom is -0.449 e. The van der Waals surface area contributed by atoms with Gasteiger partial charge in [0.05, 0.1) is 18.3 Å². The minimum atomic E-state index is -0.329. The van der Waals surface area contributed by atoms with Crippen molar-refractivity contribution >= 4 is 22.7 Å². The number of benzene rings is 1. The zero-order valence-corrected chi connectivity index (χ0v) is 14.5. The summed E-state index contributed by atoms with van der Waals surface area (Å²) in [6.07, 6.45) is 6.02. The van der Waals surface area contributed by atoms with Crippen LogP contribution < -0.4 is 10.7 Å². The van der Waals surface area contributed by atoms with E-state index in [1.807, 2.05) is 13.1 Å². The second kappa shape index (κ2) is 6.92. The molecule has 2 bridgehead atoms. The number of carbonyl (C=O) groups excluding carboxylic acids is 1. The van der Waals surface area contributed by atoms with Crippen molar-refractivity contribution in [3.8, 4) is 0 Å². The number of amides is 1. The molecule has 2 aliphatic heterocycles. The third kappa shape index (κ3) is 3.42. The summed E-state index contributed by atoms with van der Waals surface area (Å²) in [5, 5.41) is 13.9. The van der Waals surface area contributed by atoms with Crippen molar-refractivity contribution in [2.45, 2.75) is 44.7 Å². The van der Waals surface area contributed by atoms with Crippen molar-refractivity contribution in [3.63, 3.8) is 0 Å². The molecule has 2 atom stereocenters. The number of H-pyrrole nitrogens is 1. The second-order valence-electron chi connectivity index (χ2n) is 7.01. The summed E-state index contributed by atoms with van der Waals surface area (Å²) in [5.74, 6) is 0.623. The van der Waals surface area contributed by atoms with Gasteiger partial charge in [-0.2, -0.15) is 5.10 Å². The second-order valence-corrected chi connectivity index (χ2v) is 7.01. The van der Waals surface area contributed by atoms with Gasteiger partial charge in [0.1, 0.15) is 0 Å². The maximum absolute atomic E-state index is 11.7. The van der Waals surface area contributed by atoms with Crippen LogP contribution in [0.15, 0.2) is 24.4 Å². The van der Waals surface area contributed by atoms with Crippen LogP contribution in [0.4, 0.5) is 10.5 Å². The third-order valence-electron chi connectivity index (χ3n) is 5.36. The number of ether oxygens (including phenoxy) is 1. The summed E-state index contributed by atoms with van der Waals surface area (Å²) in [6.45, 7) is 3.19. The molecule has 0 aliphatic carbocycles. The van der Waals surface area contributed by atoms with Gasteiger partial charge in [0.25, 0.3) is 0 Å². The lowest BCUT2D eigenvalue weighted by molar-refractivity contribution is 0.0432. The Kier molecular flexibility index (Phi) is 4.48. The molecule has 0 radical (unpaired) electrons. The van der Waals surface area contributed by atoms with Crippen molar-refractivity contribution < 1.29 is 9.53 Å². The summed E-state index contributed by atoms with van der Waals surface area (Å²) in [4.78, 5) is 11.7. The Morgan fingerprint density at radius 3 is 2.92 bits per heavy atom. The van der Waals surface area contributed by atoms with Gasteiger partial charge in [-0.1, -0.05) is 0 Å². The van der Waals surface area contributed by atoms with Crippen LogP contribution in [0.5, 0.6) is 0 Å². The predicted octanol–water partition coefficient (Wildman–Crippen LogP) is 2.88. The maximum atomic E-state index is 11.7. The molecule has 25 heavy (non-hydrogen) atoms. The number of hydrazine groups is 1. The van der Waals surface area contributed by atoms with Gasteiger partial charge < -0.3 is 10.1 Å². The average Bonchev–Trinajstić information content (AvgIpc) is 3.14. The highest BCUT2D eigenvalue weighted by atomic mass is 16.6. The van der Waals surface area contributed by atoms with Crippen molar-refractivity contribution in [1.29, 1.82) is 0 Å². The van der Waals surface area contributed by atoms with E-state index in [1.54, 1.807) is 0 Å². The molecule has 2 aromatic rings. The fraction of sp³-hybridized carbons (Fsp3) is 0.556. The normalized spacial score (nSPS) is 25.9. The van der Waals surface area contributed by atoms with E-state index >= 15 is 0 Å². The number of hydrogen-bond donors (Lipinski definition) is 3. The molecule has 4 rings (SSSR count). The maximum Gasteiger partial charge on any atom is 0.421 e. The third-order valence-corrected chi connectivity index (χ3v) is 5.36. The van der Waals surface area contributed by atoms with Crippen LogP contribution in [0.1, 0.15) is 32.6 Å². The van der Waals surface area contributed by atoms with Crippen LogP contribution in [0.2, 0.25) is 0 Å². The smallest absolute Gasteiger partial charge is 0.421 e. The number of rotatable bonds is 5. The molecule has 1 aromatic carbocycles. The molecule has 7 heteroatoms. The Morgan fingerprint density at radius 2 is 2.16 bits per heavy atom. The first kappa shape index (κ1) is 16.2. The number of nitrogens with one attached hydrogen (secondary N) is 3. The summed E-state index contributed by atoms with van der Waals surface area (Å²) >= 11 is 0. The Morgan fingerprint density at radius 1 is 1.36 bits per heavy atom. The van der Waals surface area contributed by atoms with Crippen LogP contribution in [-0.2, 0) is 4.74 Å². The van der Waals surface area contributed by atoms with E-state index in [0.29, 0.717) is 24.6 Å². The van der Waals surface area contributed by atoms with E-state index in [1.165, 1.54) is 0 Å². The first-order valence-electron chi connectivity index (χ1n) is 9.11. The van der Waals surface area contributed by atoms with Crippen LogP contribution in [0.3, 0.4) is 0 Å². The van der Waals surface area contributed by atoms with Gasteiger partial charge in [0, 0.05) is 29.7 Å². The van der Waals surface area contributed by atoms with Gasteiger partial charge in [-0.25, -0.2) is 9.80 Å². The Hall–Kier alpha value is -2.28. The van der Waals surface area contributed by atoms with Crippen molar-refractivity contribution in [3.05, 3.63) is 24.4 Å². The molecule has 1 amide bonds. The van der Waals surface area contributed by atoms with Crippen LogP contribution in [0, 0.1) is 5.92 Å². The number of aromatic amines is 1. The standard InChI is InChI=1S/C18H25N5O2/c1-2-25-18(24)22-23-15-4-5-16(23)8-12(7-15)10-19-14-3-6-17-13(9-14)11-20-21-17/h3,6,9,11-12,15-16,19H,2,4-5,7-8,10H2,1H3,(H,20,21)(H,22,24). The highest BCUT2D eigenvalue weighted by molar-refractivity contribution is 5.81. The first-order valence-corrected chi connectivity index (χ1v) is 9.11. The fourth-order valence-corrected chi connectivity index (χ4v) is 4.22. The zero-order chi connectivity index (χ0) is 17.2. The van der Waals surface area contributed by atoms with Gasteiger partial charge in [-0.05, 0) is 56.7 Å². The molecular weight excluding hydrogens is 318 g/mol. The van der Waals surface area contributed by atoms with E-state index in [2.05, 4.69) is 44.1 Å².